The van der Waals surface area contributed by atoms with Gasteiger partial charge in [-0.3, -0.25) is 10.1 Å². The van der Waals surface area contributed by atoms with Crippen molar-refractivity contribution in [3.63, 3.8) is 0 Å². The molecule has 0 amide bonds. The SMILES string of the molecule is CCCCc1ccc(Nc2ncnc(Nc3ccccc3Cl)c2[N+](=O)[O-])cc1. The van der Waals surface area contributed by atoms with Crippen molar-refractivity contribution in [2.24, 2.45) is 0 Å². The maximum absolute atomic E-state index is 11.7. The van der Waals surface area contributed by atoms with Crippen LogP contribution in [0.2, 0.25) is 5.02 Å². The molecule has 3 rings (SSSR count). The third-order valence-corrected chi connectivity index (χ3v) is 4.50. The molecule has 1 heterocycles. The lowest BCUT2D eigenvalue weighted by Crippen LogP contribution is -2.05. The van der Waals surface area contributed by atoms with Gasteiger partial charge in [0.2, 0.25) is 11.6 Å². The van der Waals surface area contributed by atoms with Crippen LogP contribution in [0.15, 0.2) is 54.9 Å². The summed E-state index contributed by atoms with van der Waals surface area (Å²) in [7, 11) is 0. The minimum absolute atomic E-state index is 0.0650. The van der Waals surface area contributed by atoms with Crippen molar-refractivity contribution in [2.45, 2.75) is 26.2 Å². The van der Waals surface area contributed by atoms with E-state index in [1.807, 2.05) is 24.3 Å². The number of nitro groups is 1. The lowest BCUT2D eigenvalue weighted by Gasteiger charge is -2.11. The molecule has 3 aromatic rings. The molecule has 0 saturated heterocycles. The van der Waals surface area contributed by atoms with Crippen LogP contribution in [0.25, 0.3) is 0 Å². The van der Waals surface area contributed by atoms with Gasteiger partial charge >= 0.3 is 5.69 Å². The van der Waals surface area contributed by atoms with Gasteiger partial charge in [0.25, 0.3) is 0 Å². The Hall–Kier alpha value is -3.19. The molecule has 8 heteroatoms. The standard InChI is InChI=1S/C20H20ClN5O2/c1-2-3-6-14-9-11-15(12-10-14)24-19-18(26(27)28)20(23-13-22-19)25-17-8-5-4-7-16(17)21/h4-5,7-13H,2-3,6H2,1H3,(H2,22,23,24,25). The van der Waals surface area contributed by atoms with Crippen LogP contribution in [0.5, 0.6) is 0 Å². The Morgan fingerprint density at radius 3 is 2.36 bits per heavy atom. The minimum atomic E-state index is -0.517. The average molecular weight is 398 g/mol. The third-order valence-electron chi connectivity index (χ3n) is 4.17. The molecule has 0 aliphatic heterocycles. The summed E-state index contributed by atoms with van der Waals surface area (Å²) in [4.78, 5) is 19.3. The van der Waals surface area contributed by atoms with Crippen LogP contribution in [-0.4, -0.2) is 14.9 Å². The van der Waals surface area contributed by atoms with E-state index in [4.69, 9.17) is 11.6 Å². The molecule has 28 heavy (non-hydrogen) atoms. The van der Waals surface area contributed by atoms with Crippen LogP contribution in [0, 0.1) is 10.1 Å². The van der Waals surface area contributed by atoms with Gasteiger partial charge in [-0.05, 0) is 42.7 Å². The number of halogens is 1. The van der Waals surface area contributed by atoms with Crippen molar-refractivity contribution in [2.75, 3.05) is 10.6 Å². The van der Waals surface area contributed by atoms with E-state index in [2.05, 4.69) is 27.5 Å². The molecule has 7 nitrogen and oxygen atoms in total. The molecule has 0 aliphatic carbocycles. The molecule has 0 aliphatic rings. The van der Waals surface area contributed by atoms with E-state index in [0.29, 0.717) is 16.4 Å². The Labute approximate surface area is 168 Å². The van der Waals surface area contributed by atoms with E-state index >= 15 is 0 Å². The average Bonchev–Trinajstić information content (AvgIpc) is 2.69. The number of nitrogens with one attached hydrogen (secondary N) is 2. The maximum atomic E-state index is 11.7. The molecule has 144 valence electrons. The molecule has 0 unspecified atom stereocenters. The summed E-state index contributed by atoms with van der Waals surface area (Å²) in [6.45, 7) is 2.15. The molecular formula is C20H20ClN5O2. The van der Waals surface area contributed by atoms with Crippen LogP contribution >= 0.6 is 11.6 Å². The zero-order valence-corrected chi connectivity index (χ0v) is 16.1. The van der Waals surface area contributed by atoms with Gasteiger partial charge in [-0.2, -0.15) is 0 Å². The van der Waals surface area contributed by atoms with Crippen LogP contribution in [0.1, 0.15) is 25.3 Å². The summed E-state index contributed by atoms with van der Waals surface area (Å²) in [5, 5.41) is 18.1. The molecule has 0 saturated carbocycles. The van der Waals surface area contributed by atoms with E-state index < -0.39 is 4.92 Å². The summed E-state index contributed by atoms with van der Waals surface area (Å²) in [5.41, 5.74) is 2.21. The molecule has 0 spiro atoms. The van der Waals surface area contributed by atoms with Crippen LogP contribution < -0.4 is 10.6 Å². The molecule has 0 radical (unpaired) electrons. The van der Waals surface area contributed by atoms with Crippen molar-refractivity contribution >= 4 is 40.3 Å². The highest BCUT2D eigenvalue weighted by atomic mass is 35.5. The summed E-state index contributed by atoms with van der Waals surface area (Å²) >= 11 is 6.14. The van der Waals surface area contributed by atoms with Gasteiger partial charge in [-0.25, -0.2) is 9.97 Å². The monoisotopic (exact) mass is 397 g/mol. The van der Waals surface area contributed by atoms with E-state index in [9.17, 15) is 10.1 Å². The van der Waals surface area contributed by atoms with Gasteiger partial charge in [-0.1, -0.05) is 49.2 Å². The molecule has 2 N–H and O–H groups in total. The van der Waals surface area contributed by atoms with Crippen LogP contribution in [-0.2, 0) is 6.42 Å². The third kappa shape index (κ3) is 4.75. The van der Waals surface area contributed by atoms with Crippen LogP contribution in [0.4, 0.5) is 28.7 Å². The zero-order chi connectivity index (χ0) is 19.9. The minimum Gasteiger partial charge on any atom is -0.334 e. The molecule has 1 aromatic heterocycles. The number of anilines is 4. The number of hydrogen-bond donors (Lipinski definition) is 2. The smallest absolute Gasteiger partial charge is 0.334 e. The highest BCUT2D eigenvalue weighted by Crippen LogP contribution is 2.34. The largest absolute Gasteiger partial charge is 0.353 e. The van der Waals surface area contributed by atoms with E-state index in [1.165, 1.54) is 11.9 Å². The van der Waals surface area contributed by atoms with Gasteiger partial charge in [0.05, 0.1) is 15.6 Å². The van der Waals surface area contributed by atoms with Crippen molar-refractivity contribution < 1.29 is 4.92 Å². The van der Waals surface area contributed by atoms with Gasteiger partial charge in [0, 0.05) is 5.69 Å². The van der Waals surface area contributed by atoms with Crippen molar-refractivity contribution in [1.82, 2.24) is 9.97 Å². The lowest BCUT2D eigenvalue weighted by molar-refractivity contribution is -0.383. The fraction of sp³-hybridized carbons (Fsp3) is 0.200. The van der Waals surface area contributed by atoms with E-state index in [1.54, 1.807) is 24.3 Å². The molecular weight excluding hydrogens is 378 g/mol. The fourth-order valence-electron chi connectivity index (χ4n) is 2.70. The molecule has 0 bridgehead atoms. The number of aryl methyl sites for hydroxylation is 1. The first-order valence-corrected chi connectivity index (χ1v) is 9.33. The van der Waals surface area contributed by atoms with Gasteiger partial charge in [0.1, 0.15) is 6.33 Å². The number of para-hydroxylation sites is 1. The van der Waals surface area contributed by atoms with Gasteiger partial charge < -0.3 is 10.6 Å². The number of hydrogen-bond acceptors (Lipinski definition) is 6. The Bertz CT molecular complexity index is 963. The van der Waals surface area contributed by atoms with E-state index in [-0.39, 0.29) is 17.3 Å². The number of aromatic nitrogens is 2. The predicted molar refractivity (Wildman–Crippen MR) is 112 cm³/mol. The second kappa shape index (κ2) is 9.14. The lowest BCUT2D eigenvalue weighted by atomic mass is 10.1. The van der Waals surface area contributed by atoms with Gasteiger partial charge in [0.15, 0.2) is 0 Å². The first kappa shape index (κ1) is 19.6. The maximum Gasteiger partial charge on any atom is 0.353 e. The Balaban J connectivity index is 1.87. The first-order chi connectivity index (χ1) is 13.6. The van der Waals surface area contributed by atoms with Gasteiger partial charge in [-0.15, -0.1) is 0 Å². The predicted octanol–water partition coefficient (Wildman–Crippen LogP) is 5.87. The normalized spacial score (nSPS) is 10.5. The number of unbranched alkanes of at least 4 members (excludes halogenated alkanes) is 1. The number of nitrogens with zero attached hydrogens (tertiary/aromatic N) is 3. The Kier molecular flexibility index (Phi) is 6.39. The van der Waals surface area contributed by atoms with E-state index in [0.717, 1.165) is 19.3 Å². The fourth-order valence-corrected chi connectivity index (χ4v) is 2.88. The quantitative estimate of drug-likeness (QED) is 0.365. The summed E-state index contributed by atoms with van der Waals surface area (Å²) in [5.74, 6) is 0.172. The first-order valence-electron chi connectivity index (χ1n) is 8.95. The highest BCUT2D eigenvalue weighted by molar-refractivity contribution is 6.33. The molecule has 0 atom stereocenters. The molecule has 2 aromatic carbocycles. The number of rotatable bonds is 8. The summed E-state index contributed by atoms with van der Waals surface area (Å²) in [6.07, 6.45) is 4.54. The van der Waals surface area contributed by atoms with Crippen molar-refractivity contribution in [3.05, 3.63) is 75.6 Å². The van der Waals surface area contributed by atoms with Crippen LogP contribution in [0.3, 0.4) is 0 Å². The number of benzene rings is 2. The van der Waals surface area contributed by atoms with Crippen molar-refractivity contribution in [3.8, 4) is 0 Å². The topological polar surface area (TPSA) is 93.0 Å². The Morgan fingerprint density at radius 2 is 1.71 bits per heavy atom. The second-order valence-electron chi connectivity index (χ2n) is 6.21. The Morgan fingerprint density at radius 1 is 1.04 bits per heavy atom. The zero-order valence-electron chi connectivity index (χ0n) is 15.4. The second-order valence-corrected chi connectivity index (χ2v) is 6.61. The summed E-state index contributed by atoms with van der Waals surface area (Å²) in [6, 6.07) is 14.8. The highest BCUT2D eigenvalue weighted by Gasteiger charge is 2.23. The molecule has 0 fully saturated rings. The summed E-state index contributed by atoms with van der Waals surface area (Å²) < 4.78 is 0. The van der Waals surface area contributed by atoms with Crippen molar-refractivity contribution in [1.29, 1.82) is 0 Å².